The van der Waals surface area contributed by atoms with Crippen molar-refractivity contribution in [3.05, 3.63) is 35.0 Å². The third kappa shape index (κ3) is 3.81. The van der Waals surface area contributed by atoms with E-state index < -0.39 is 30.1 Å². The van der Waals surface area contributed by atoms with E-state index in [4.69, 9.17) is 18.9 Å². The van der Waals surface area contributed by atoms with Gasteiger partial charge in [0.25, 0.3) is 0 Å². The largest absolute Gasteiger partial charge is 0.463 e. The van der Waals surface area contributed by atoms with Gasteiger partial charge in [-0.05, 0) is 38.5 Å². The molecule has 1 aromatic rings. The summed E-state index contributed by atoms with van der Waals surface area (Å²) in [7, 11) is 0. The molecule has 0 aliphatic carbocycles. The molecule has 144 valence electrons. The van der Waals surface area contributed by atoms with Gasteiger partial charge in [-0.3, -0.25) is 0 Å². The zero-order chi connectivity index (χ0) is 19.6. The Bertz CT molecular complexity index is 818. The number of hydrogen-bond acceptors (Lipinski definition) is 7. The number of carbonyl (C=O) groups is 3. The zero-order valence-electron chi connectivity index (χ0n) is 15.2. The second-order valence-electron chi connectivity index (χ2n) is 5.98. The van der Waals surface area contributed by atoms with Gasteiger partial charge in [0.05, 0.1) is 18.2 Å². The third-order valence-electron chi connectivity index (χ3n) is 4.12. The lowest BCUT2D eigenvalue weighted by Gasteiger charge is -2.28. The summed E-state index contributed by atoms with van der Waals surface area (Å²) in [6, 6.07) is 3.89. The molecule has 0 aromatic heterocycles. The van der Waals surface area contributed by atoms with E-state index >= 15 is 0 Å². The number of allylic oxidation sites excluding steroid dienone is 1. The lowest BCUT2D eigenvalue weighted by atomic mass is 9.95. The van der Waals surface area contributed by atoms with Crippen LogP contribution in [0.15, 0.2) is 29.5 Å². The summed E-state index contributed by atoms with van der Waals surface area (Å²) in [6.07, 6.45) is -1.08. The van der Waals surface area contributed by atoms with E-state index in [2.05, 4.69) is 10.6 Å². The highest BCUT2D eigenvalue weighted by atomic mass is 16.7. The predicted molar refractivity (Wildman–Crippen MR) is 91.9 cm³/mol. The molecule has 3 rings (SSSR count). The molecule has 2 heterocycles. The van der Waals surface area contributed by atoms with Crippen molar-refractivity contribution in [1.82, 2.24) is 10.6 Å². The van der Waals surface area contributed by atoms with E-state index in [0.29, 0.717) is 22.8 Å². The van der Waals surface area contributed by atoms with Crippen molar-refractivity contribution < 1.29 is 33.3 Å². The highest BCUT2D eigenvalue weighted by molar-refractivity contribution is 5.96. The van der Waals surface area contributed by atoms with Crippen LogP contribution in [0, 0.1) is 0 Å². The Balaban J connectivity index is 1.88. The Morgan fingerprint density at radius 3 is 2.78 bits per heavy atom. The summed E-state index contributed by atoms with van der Waals surface area (Å²) < 4.78 is 20.7. The minimum absolute atomic E-state index is 0.109. The standard InChI is InChI=1S/C18H20N2O7/c1-4-24-16(21)10(3)27-17(22)14-9(2)19-18(23)20-15(14)11-5-6-12-13(7-11)26-8-25-12/h5-7,10,15H,4,8H2,1-3H3,(H2,19,20,23)/t10-,15+/m0/s1. The molecule has 0 spiro atoms. The van der Waals surface area contributed by atoms with Crippen LogP contribution in [0.4, 0.5) is 4.79 Å². The first-order valence-electron chi connectivity index (χ1n) is 8.46. The van der Waals surface area contributed by atoms with Gasteiger partial charge in [0.15, 0.2) is 17.6 Å². The molecule has 27 heavy (non-hydrogen) atoms. The summed E-state index contributed by atoms with van der Waals surface area (Å²) in [5, 5.41) is 5.24. The van der Waals surface area contributed by atoms with Gasteiger partial charge in [0, 0.05) is 5.70 Å². The first-order valence-corrected chi connectivity index (χ1v) is 8.46. The Kier molecular flexibility index (Phi) is 5.20. The van der Waals surface area contributed by atoms with Gasteiger partial charge >= 0.3 is 18.0 Å². The van der Waals surface area contributed by atoms with Gasteiger partial charge in [0.1, 0.15) is 0 Å². The van der Waals surface area contributed by atoms with E-state index in [9.17, 15) is 14.4 Å². The number of rotatable bonds is 5. The minimum Gasteiger partial charge on any atom is -0.463 e. The zero-order valence-corrected chi connectivity index (χ0v) is 15.2. The first-order chi connectivity index (χ1) is 12.9. The first kappa shape index (κ1) is 18.6. The van der Waals surface area contributed by atoms with Gasteiger partial charge in [-0.1, -0.05) is 6.07 Å². The number of hydrogen-bond donors (Lipinski definition) is 2. The molecule has 2 aliphatic heterocycles. The van der Waals surface area contributed by atoms with Crippen LogP contribution in [0.5, 0.6) is 11.5 Å². The van der Waals surface area contributed by atoms with E-state index in [1.165, 1.54) is 6.92 Å². The monoisotopic (exact) mass is 376 g/mol. The van der Waals surface area contributed by atoms with Crippen molar-refractivity contribution in [2.45, 2.75) is 32.9 Å². The van der Waals surface area contributed by atoms with Gasteiger partial charge in [-0.25, -0.2) is 14.4 Å². The van der Waals surface area contributed by atoms with Crippen molar-refractivity contribution in [2.75, 3.05) is 13.4 Å². The van der Waals surface area contributed by atoms with Crippen LogP contribution in [-0.4, -0.2) is 37.5 Å². The Hall–Kier alpha value is -3.23. The highest BCUT2D eigenvalue weighted by Crippen LogP contribution is 2.37. The smallest absolute Gasteiger partial charge is 0.347 e. The number of benzene rings is 1. The molecule has 0 saturated carbocycles. The lowest BCUT2D eigenvalue weighted by molar-refractivity contribution is -0.164. The molecule has 2 N–H and O–H groups in total. The quantitative estimate of drug-likeness (QED) is 0.750. The van der Waals surface area contributed by atoms with Crippen LogP contribution < -0.4 is 20.1 Å². The average molecular weight is 376 g/mol. The number of amides is 2. The molecule has 2 amide bonds. The second-order valence-corrected chi connectivity index (χ2v) is 5.98. The molecular formula is C18H20N2O7. The van der Waals surface area contributed by atoms with Crippen molar-refractivity contribution in [3.8, 4) is 11.5 Å². The summed E-state index contributed by atoms with van der Waals surface area (Å²) in [5.41, 5.74) is 1.14. The normalized spacial score (nSPS) is 19.1. The molecule has 0 unspecified atom stereocenters. The summed E-state index contributed by atoms with van der Waals surface area (Å²) in [6.45, 7) is 4.97. The number of fused-ring (bicyclic) bond motifs is 1. The minimum atomic E-state index is -1.08. The maximum Gasteiger partial charge on any atom is 0.347 e. The molecule has 1 aromatic carbocycles. The number of esters is 2. The van der Waals surface area contributed by atoms with Crippen molar-refractivity contribution in [3.63, 3.8) is 0 Å². The molecule has 2 aliphatic rings. The molecule has 9 nitrogen and oxygen atoms in total. The maximum atomic E-state index is 12.7. The van der Waals surface area contributed by atoms with E-state index in [0.717, 1.165) is 0 Å². The predicted octanol–water partition coefficient (Wildman–Crippen LogP) is 1.54. The van der Waals surface area contributed by atoms with Crippen LogP contribution in [0.1, 0.15) is 32.4 Å². The topological polar surface area (TPSA) is 112 Å². The molecule has 0 fully saturated rings. The van der Waals surface area contributed by atoms with Gasteiger partial charge in [-0.2, -0.15) is 0 Å². The van der Waals surface area contributed by atoms with Crippen molar-refractivity contribution >= 4 is 18.0 Å². The van der Waals surface area contributed by atoms with Gasteiger partial charge in [-0.15, -0.1) is 0 Å². The maximum absolute atomic E-state index is 12.7. The summed E-state index contributed by atoms with van der Waals surface area (Å²) >= 11 is 0. The van der Waals surface area contributed by atoms with Crippen molar-refractivity contribution in [2.24, 2.45) is 0 Å². The number of ether oxygens (including phenoxy) is 4. The Morgan fingerprint density at radius 1 is 1.30 bits per heavy atom. The van der Waals surface area contributed by atoms with Crippen LogP contribution in [0.3, 0.4) is 0 Å². The fraction of sp³-hybridized carbons (Fsp3) is 0.389. The summed E-state index contributed by atoms with van der Waals surface area (Å²) in [4.78, 5) is 36.4. The van der Waals surface area contributed by atoms with E-state index in [1.807, 2.05) is 0 Å². The van der Waals surface area contributed by atoms with Gasteiger partial charge in [0.2, 0.25) is 6.79 Å². The fourth-order valence-corrected chi connectivity index (χ4v) is 2.84. The van der Waals surface area contributed by atoms with Gasteiger partial charge < -0.3 is 29.6 Å². The third-order valence-corrected chi connectivity index (χ3v) is 4.12. The van der Waals surface area contributed by atoms with E-state index in [1.54, 1.807) is 32.0 Å². The number of carbonyl (C=O) groups excluding carboxylic acids is 3. The molecule has 0 saturated heterocycles. The van der Waals surface area contributed by atoms with Crippen LogP contribution in [0.2, 0.25) is 0 Å². The highest BCUT2D eigenvalue weighted by Gasteiger charge is 2.34. The van der Waals surface area contributed by atoms with Crippen LogP contribution >= 0.6 is 0 Å². The SMILES string of the molecule is CCOC(=O)[C@H](C)OC(=O)C1=C(C)NC(=O)N[C@@H]1c1ccc2c(c1)OCO2. The molecular weight excluding hydrogens is 356 g/mol. The average Bonchev–Trinajstić information content (AvgIpc) is 3.08. The second kappa shape index (κ2) is 7.56. The lowest BCUT2D eigenvalue weighted by Crippen LogP contribution is -2.45. The number of urea groups is 1. The van der Waals surface area contributed by atoms with Crippen LogP contribution in [0.25, 0.3) is 0 Å². The molecule has 0 bridgehead atoms. The van der Waals surface area contributed by atoms with Crippen molar-refractivity contribution in [1.29, 1.82) is 0 Å². The molecule has 0 radical (unpaired) electrons. The molecule has 9 heteroatoms. The Labute approximate surface area is 155 Å². The molecule has 2 atom stereocenters. The fourth-order valence-electron chi connectivity index (χ4n) is 2.84. The summed E-state index contributed by atoms with van der Waals surface area (Å²) in [5.74, 6) is -0.273. The number of nitrogens with one attached hydrogen (secondary N) is 2. The Morgan fingerprint density at radius 2 is 2.04 bits per heavy atom. The van der Waals surface area contributed by atoms with E-state index in [-0.39, 0.29) is 19.0 Å². The van der Waals surface area contributed by atoms with Crippen LogP contribution in [-0.2, 0) is 19.1 Å².